The number of carbonyl (C=O) groups is 2. The molecule has 2 N–H and O–H groups in total. The molecule has 156 valence electrons. The number of benzene rings is 2. The van der Waals surface area contributed by atoms with Crippen LogP contribution < -0.4 is 10.2 Å². The molecule has 2 aromatic carbocycles. The number of para-hydroxylation sites is 1. The van der Waals surface area contributed by atoms with Gasteiger partial charge in [0.1, 0.15) is 11.5 Å². The minimum atomic E-state index is -1.11. The van der Waals surface area contributed by atoms with Crippen LogP contribution in [-0.4, -0.2) is 34.9 Å². The molecule has 2 aromatic heterocycles. The van der Waals surface area contributed by atoms with Crippen molar-refractivity contribution in [2.45, 2.75) is 6.54 Å². The first-order valence-corrected chi connectivity index (χ1v) is 9.42. The third-order valence-corrected chi connectivity index (χ3v) is 4.74. The summed E-state index contributed by atoms with van der Waals surface area (Å²) in [6.45, 7) is 0.361. The Hall–Kier alpha value is -4.33. The molecule has 31 heavy (non-hydrogen) atoms. The number of hydrogen-bond donors (Lipinski definition) is 2. The molecule has 0 unspecified atom stereocenters. The first-order valence-electron chi connectivity index (χ1n) is 9.42. The molecule has 8 heteroatoms. The number of carboxylic acid groups (broad SMARTS) is 1. The fraction of sp³-hybridized carbons (Fsp3) is 0.0870. The first-order chi connectivity index (χ1) is 15.0. The Labute approximate surface area is 177 Å². The summed E-state index contributed by atoms with van der Waals surface area (Å²) in [5.41, 5.74) is 4.72. The van der Waals surface area contributed by atoms with Gasteiger partial charge in [-0.2, -0.15) is 5.10 Å². The highest BCUT2D eigenvalue weighted by Crippen LogP contribution is 2.22. The van der Waals surface area contributed by atoms with E-state index in [0.29, 0.717) is 23.6 Å². The minimum Gasteiger partial charge on any atom is -0.497 e. The second kappa shape index (κ2) is 8.58. The molecule has 0 aliphatic rings. The maximum absolute atomic E-state index is 12.3. The van der Waals surface area contributed by atoms with E-state index in [1.54, 1.807) is 43.7 Å². The number of rotatable bonds is 7. The van der Waals surface area contributed by atoms with Crippen LogP contribution in [0.3, 0.4) is 0 Å². The topological polar surface area (TPSA) is 106 Å². The second-order valence-corrected chi connectivity index (χ2v) is 6.73. The predicted octanol–water partition coefficient (Wildman–Crippen LogP) is 3.75. The Balaban J connectivity index is 1.53. The van der Waals surface area contributed by atoms with Gasteiger partial charge in [-0.05, 0) is 42.5 Å². The second-order valence-electron chi connectivity index (χ2n) is 6.73. The minimum absolute atomic E-state index is 0.102. The number of fused-ring (bicyclic) bond motifs is 1. The molecule has 4 aromatic rings. The van der Waals surface area contributed by atoms with Crippen LogP contribution in [0.1, 0.15) is 32.2 Å². The van der Waals surface area contributed by atoms with Gasteiger partial charge in [0, 0.05) is 28.2 Å². The largest absolute Gasteiger partial charge is 0.497 e. The number of methoxy groups -OCH3 is 1. The summed E-state index contributed by atoms with van der Waals surface area (Å²) in [6, 6.07) is 17.5. The monoisotopic (exact) mass is 417 g/mol. The number of nitrogens with one attached hydrogen (secondary N) is 1. The highest BCUT2D eigenvalue weighted by Gasteiger charge is 2.12. The van der Waals surface area contributed by atoms with E-state index in [9.17, 15) is 9.59 Å². The number of ether oxygens (including phenoxy) is 1. The SMILES string of the molecule is COc1ccc(C(=O)N/N=C\c2cn(Cc3ccc(C(=O)O)o3)c3ccccc23)cc1. The molecular weight excluding hydrogens is 398 g/mol. The first kappa shape index (κ1) is 20.0. The summed E-state index contributed by atoms with van der Waals surface area (Å²) in [5, 5.41) is 14.1. The fourth-order valence-corrected chi connectivity index (χ4v) is 3.22. The van der Waals surface area contributed by atoms with Gasteiger partial charge in [-0.25, -0.2) is 10.2 Å². The van der Waals surface area contributed by atoms with Crippen LogP contribution in [0.4, 0.5) is 0 Å². The highest BCUT2D eigenvalue weighted by molar-refractivity contribution is 6.00. The van der Waals surface area contributed by atoms with Crippen LogP contribution in [0.25, 0.3) is 10.9 Å². The predicted molar refractivity (Wildman–Crippen MR) is 115 cm³/mol. The van der Waals surface area contributed by atoms with Crippen molar-refractivity contribution in [1.29, 1.82) is 0 Å². The average molecular weight is 417 g/mol. The third-order valence-electron chi connectivity index (χ3n) is 4.74. The van der Waals surface area contributed by atoms with Crippen molar-refractivity contribution in [3.63, 3.8) is 0 Å². The fourth-order valence-electron chi connectivity index (χ4n) is 3.22. The normalized spacial score (nSPS) is 11.1. The Morgan fingerprint density at radius 3 is 2.61 bits per heavy atom. The third kappa shape index (κ3) is 4.32. The summed E-state index contributed by atoms with van der Waals surface area (Å²) in [7, 11) is 1.56. The lowest BCUT2D eigenvalue weighted by Crippen LogP contribution is -2.17. The lowest BCUT2D eigenvalue weighted by molar-refractivity contribution is 0.0660. The molecule has 0 aliphatic heterocycles. The quantitative estimate of drug-likeness (QED) is 0.352. The van der Waals surface area contributed by atoms with E-state index in [0.717, 1.165) is 16.5 Å². The van der Waals surface area contributed by atoms with E-state index in [4.69, 9.17) is 14.3 Å². The van der Waals surface area contributed by atoms with Crippen molar-refractivity contribution in [3.8, 4) is 5.75 Å². The standard InChI is InChI=1S/C23H19N3O5/c1-30-17-8-6-15(7-9-17)22(27)25-24-12-16-13-26(20-5-3-2-4-19(16)20)14-18-10-11-21(31-18)23(28)29/h2-13H,14H2,1H3,(H,25,27)(H,28,29)/b24-12-. The number of furan rings is 1. The Morgan fingerprint density at radius 2 is 1.90 bits per heavy atom. The number of nitrogens with zero attached hydrogens (tertiary/aromatic N) is 2. The molecular formula is C23H19N3O5. The highest BCUT2D eigenvalue weighted by atomic mass is 16.5. The number of amides is 1. The number of carboxylic acids is 1. The van der Waals surface area contributed by atoms with Crippen LogP contribution in [0, 0.1) is 0 Å². The smallest absolute Gasteiger partial charge is 0.371 e. The summed E-state index contributed by atoms with van der Waals surface area (Å²) < 4.78 is 12.4. The molecule has 0 aliphatic carbocycles. The molecule has 0 fully saturated rings. The van der Waals surface area contributed by atoms with Crippen molar-refractivity contribution in [3.05, 3.63) is 89.5 Å². The summed E-state index contributed by atoms with van der Waals surface area (Å²) in [4.78, 5) is 23.3. The maximum Gasteiger partial charge on any atom is 0.371 e. The Bertz CT molecular complexity index is 1270. The molecule has 1 amide bonds. The van der Waals surface area contributed by atoms with Gasteiger partial charge < -0.3 is 18.8 Å². The van der Waals surface area contributed by atoms with E-state index in [1.165, 1.54) is 6.07 Å². The van der Waals surface area contributed by atoms with Crippen LogP contribution in [0.5, 0.6) is 5.75 Å². The molecule has 0 atom stereocenters. The molecule has 0 saturated carbocycles. The van der Waals surface area contributed by atoms with Gasteiger partial charge >= 0.3 is 5.97 Å². The summed E-state index contributed by atoms with van der Waals surface area (Å²) in [5.74, 6) is -0.354. The van der Waals surface area contributed by atoms with Gasteiger partial charge in [-0.1, -0.05) is 18.2 Å². The number of hydrazone groups is 1. The van der Waals surface area contributed by atoms with E-state index < -0.39 is 5.97 Å². The summed E-state index contributed by atoms with van der Waals surface area (Å²) >= 11 is 0. The van der Waals surface area contributed by atoms with Gasteiger partial charge in [0.05, 0.1) is 19.9 Å². The molecule has 0 radical (unpaired) electrons. The van der Waals surface area contributed by atoms with E-state index >= 15 is 0 Å². The zero-order chi connectivity index (χ0) is 21.8. The lowest BCUT2D eigenvalue weighted by atomic mass is 10.2. The number of aromatic nitrogens is 1. The number of carbonyl (C=O) groups excluding carboxylic acids is 1. The van der Waals surface area contributed by atoms with Crippen LogP contribution in [0.2, 0.25) is 0 Å². The number of hydrogen-bond acceptors (Lipinski definition) is 5. The zero-order valence-corrected chi connectivity index (χ0v) is 16.6. The van der Waals surface area contributed by atoms with Gasteiger partial charge in [-0.15, -0.1) is 0 Å². The van der Waals surface area contributed by atoms with Crippen LogP contribution >= 0.6 is 0 Å². The summed E-state index contributed by atoms with van der Waals surface area (Å²) in [6.07, 6.45) is 3.45. The molecule has 0 saturated heterocycles. The van der Waals surface area contributed by atoms with Crippen molar-refractivity contribution in [2.24, 2.45) is 5.10 Å². The van der Waals surface area contributed by atoms with E-state index in [-0.39, 0.29) is 11.7 Å². The van der Waals surface area contributed by atoms with Gasteiger partial charge in [0.15, 0.2) is 0 Å². The molecule has 8 nitrogen and oxygen atoms in total. The van der Waals surface area contributed by atoms with Crippen molar-refractivity contribution in [1.82, 2.24) is 9.99 Å². The lowest BCUT2D eigenvalue weighted by Gasteiger charge is -2.02. The van der Waals surface area contributed by atoms with Crippen LogP contribution in [-0.2, 0) is 6.54 Å². The molecule has 0 bridgehead atoms. The molecule has 2 heterocycles. The zero-order valence-electron chi connectivity index (χ0n) is 16.6. The molecule has 4 rings (SSSR count). The van der Waals surface area contributed by atoms with Crippen molar-refractivity contribution < 1.29 is 23.8 Å². The Kier molecular flexibility index (Phi) is 5.53. The van der Waals surface area contributed by atoms with Crippen molar-refractivity contribution >= 4 is 29.0 Å². The van der Waals surface area contributed by atoms with Gasteiger partial charge in [0.2, 0.25) is 5.76 Å². The molecule has 0 spiro atoms. The average Bonchev–Trinajstić information content (AvgIpc) is 3.40. The van der Waals surface area contributed by atoms with Crippen LogP contribution in [0.15, 0.2) is 76.4 Å². The number of aromatic carboxylic acids is 1. The van der Waals surface area contributed by atoms with E-state index in [1.807, 2.05) is 35.0 Å². The van der Waals surface area contributed by atoms with Crippen molar-refractivity contribution in [2.75, 3.05) is 7.11 Å². The Morgan fingerprint density at radius 1 is 1.13 bits per heavy atom. The van der Waals surface area contributed by atoms with E-state index in [2.05, 4.69) is 10.5 Å². The van der Waals surface area contributed by atoms with Gasteiger partial charge in [-0.3, -0.25) is 4.79 Å². The maximum atomic E-state index is 12.3. The van der Waals surface area contributed by atoms with Gasteiger partial charge in [0.25, 0.3) is 5.91 Å².